The summed E-state index contributed by atoms with van der Waals surface area (Å²) in [5.41, 5.74) is 0.750. The minimum atomic E-state index is -0.509. The fraction of sp³-hybridized carbons (Fsp3) is 0.333. The second-order valence-electron chi connectivity index (χ2n) is 2.72. The number of alkyl halides is 1. The molecule has 0 aliphatic rings. The maximum absolute atomic E-state index is 11.4. The van der Waals surface area contributed by atoms with E-state index in [-0.39, 0.29) is 5.91 Å². The molecule has 0 bridgehead atoms. The molecule has 1 unspecified atom stereocenters. The zero-order valence-corrected chi connectivity index (χ0v) is 8.32. The second kappa shape index (κ2) is 4.23. The summed E-state index contributed by atoms with van der Waals surface area (Å²) in [6, 6.07) is 3.59. The lowest BCUT2D eigenvalue weighted by atomic mass is 10.3. The van der Waals surface area contributed by atoms with E-state index in [2.05, 4.69) is 4.98 Å². The molecule has 1 rings (SSSR count). The number of anilines is 1. The summed E-state index contributed by atoms with van der Waals surface area (Å²) < 4.78 is 0. The molecule has 1 atom stereocenters. The highest BCUT2D eigenvalue weighted by Gasteiger charge is 2.15. The van der Waals surface area contributed by atoms with Gasteiger partial charge in [-0.3, -0.25) is 9.78 Å². The summed E-state index contributed by atoms with van der Waals surface area (Å²) >= 11 is 5.66. The molecule has 70 valence electrons. The van der Waals surface area contributed by atoms with Crippen LogP contribution in [-0.2, 0) is 4.79 Å². The summed E-state index contributed by atoms with van der Waals surface area (Å²) in [5.74, 6) is -0.130. The van der Waals surface area contributed by atoms with Crippen molar-refractivity contribution in [2.75, 3.05) is 11.9 Å². The van der Waals surface area contributed by atoms with Crippen LogP contribution in [-0.4, -0.2) is 23.3 Å². The Morgan fingerprint density at radius 1 is 1.69 bits per heavy atom. The molecular formula is C9H11ClN2O. The van der Waals surface area contributed by atoms with Crippen LogP contribution in [0.2, 0.25) is 0 Å². The van der Waals surface area contributed by atoms with E-state index < -0.39 is 5.38 Å². The number of carbonyl (C=O) groups excluding carboxylic acids is 1. The SMILES string of the molecule is CC(Cl)C(=O)N(C)c1cccnc1. The lowest BCUT2D eigenvalue weighted by molar-refractivity contribution is -0.117. The number of nitrogens with zero attached hydrogens (tertiary/aromatic N) is 2. The molecular weight excluding hydrogens is 188 g/mol. The van der Waals surface area contributed by atoms with Crippen molar-refractivity contribution in [3.63, 3.8) is 0 Å². The van der Waals surface area contributed by atoms with Gasteiger partial charge in [0.2, 0.25) is 5.91 Å². The lowest BCUT2D eigenvalue weighted by Crippen LogP contribution is -2.31. The molecule has 0 aliphatic heterocycles. The van der Waals surface area contributed by atoms with E-state index >= 15 is 0 Å². The van der Waals surface area contributed by atoms with Crippen molar-refractivity contribution in [1.29, 1.82) is 0 Å². The van der Waals surface area contributed by atoms with Gasteiger partial charge in [0, 0.05) is 13.2 Å². The first-order chi connectivity index (χ1) is 6.13. The average Bonchev–Trinajstić information content (AvgIpc) is 2.17. The largest absolute Gasteiger partial charge is 0.313 e. The second-order valence-corrected chi connectivity index (χ2v) is 3.38. The monoisotopic (exact) mass is 198 g/mol. The highest BCUT2D eigenvalue weighted by Crippen LogP contribution is 2.12. The third-order valence-electron chi connectivity index (χ3n) is 1.70. The number of hydrogen-bond donors (Lipinski definition) is 0. The highest BCUT2D eigenvalue weighted by atomic mass is 35.5. The molecule has 0 spiro atoms. The molecule has 0 saturated heterocycles. The van der Waals surface area contributed by atoms with Crippen LogP contribution < -0.4 is 4.90 Å². The summed E-state index contributed by atoms with van der Waals surface area (Å²) in [6.45, 7) is 1.65. The van der Waals surface area contributed by atoms with Crippen molar-refractivity contribution in [2.24, 2.45) is 0 Å². The first-order valence-electron chi connectivity index (χ1n) is 3.94. The molecule has 1 amide bonds. The molecule has 13 heavy (non-hydrogen) atoms. The van der Waals surface area contributed by atoms with Crippen LogP contribution in [0.25, 0.3) is 0 Å². The van der Waals surface area contributed by atoms with Gasteiger partial charge in [0.25, 0.3) is 0 Å². The minimum absolute atomic E-state index is 0.130. The number of rotatable bonds is 2. The van der Waals surface area contributed by atoms with E-state index in [0.29, 0.717) is 0 Å². The van der Waals surface area contributed by atoms with E-state index in [1.54, 1.807) is 32.4 Å². The Hall–Kier alpha value is -1.09. The molecule has 1 aromatic heterocycles. The minimum Gasteiger partial charge on any atom is -0.313 e. The molecule has 0 aliphatic carbocycles. The molecule has 0 aromatic carbocycles. The number of halogens is 1. The number of hydrogen-bond acceptors (Lipinski definition) is 2. The van der Waals surface area contributed by atoms with Crippen LogP contribution in [0.3, 0.4) is 0 Å². The van der Waals surface area contributed by atoms with E-state index in [4.69, 9.17) is 11.6 Å². The van der Waals surface area contributed by atoms with Crippen molar-refractivity contribution < 1.29 is 4.79 Å². The standard InChI is InChI=1S/C9H11ClN2O/c1-7(10)9(13)12(2)8-4-3-5-11-6-8/h3-7H,1-2H3. The van der Waals surface area contributed by atoms with Crippen LogP contribution in [0, 0.1) is 0 Å². The molecule has 0 fully saturated rings. The van der Waals surface area contributed by atoms with E-state index in [9.17, 15) is 4.79 Å². The molecule has 0 radical (unpaired) electrons. The van der Waals surface area contributed by atoms with Gasteiger partial charge in [0.15, 0.2) is 0 Å². The maximum Gasteiger partial charge on any atom is 0.244 e. The van der Waals surface area contributed by atoms with Crippen molar-refractivity contribution in [3.8, 4) is 0 Å². The van der Waals surface area contributed by atoms with Gasteiger partial charge in [-0.2, -0.15) is 0 Å². The zero-order chi connectivity index (χ0) is 9.84. The van der Waals surface area contributed by atoms with Gasteiger partial charge in [0.05, 0.1) is 11.9 Å². The Morgan fingerprint density at radius 2 is 2.38 bits per heavy atom. The third-order valence-corrected chi connectivity index (χ3v) is 1.89. The van der Waals surface area contributed by atoms with Gasteiger partial charge in [-0.25, -0.2) is 0 Å². The Balaban J connectivity index is 2.80. The Kier molecular flexibility index (Phi) is 3.25. The van der Waals surface area contributed by atoms with Gasteiger partial charge >= 0.3 is 0 Å². The summed E-state index contributed by atoms with van der Waals surface area (Å²) in [6.07, 6.45) is 3.28. The molecule has 4 heteroatoms. The fourth-order valence-corrected chi connectivity index (χ4v) is 1.09. The smallest absolute Gasteiger partial charge is 0.244 e. The molecule has 1 heterocycles. The van der Waals surface area contributed by atoms with E-state index in [1.807, 2.05) is 6.07 Å². The van der Waals surface area contributed by atoms with Gasteiger partial charge in [-0.15, -0.1) is 11.6 Å². The van der Waals surface area contributed by atoms with E-state index in [0.717, 1.165) is 5.69 Å². The van der Waals surface area contributed by atoms with Crippen molar-refractivity contribution in [2.45, 2.75) is 12.3 Å². The molecule has 0 saturated carbocycles. The molecule has 0 N–H and O–H groups in total. The predicted molar refractivity (Wildman–Crippen MR) is 53.0 cm³/mol. The summed E-state index contributed by atoms with van der Waals surface area (Å²) in [4.78, 5) is 16.8. The lowest BCUT2D eigenvalue weighted by Gasteiger charge is -2.17. The Labute approximate surface area is 82.3 Å². The average molecular weight is 199 g/mol. The quantitative estimate of drug-likeness (QED) is 0.678. The van der Waals surface area contributed by atoms with Gasteiger partial charge < -0.3 is 4.90 Å². The number of carbonyl (C=O) groups is 1. The topological polar surface area (TPSA) is 33.2 Å². The van der Waals surface area contributed by atoms with Crippen molar-refractivity contribution in [1.82, 2.24) is 4.98 Å². The van der Waals surface area contributed by atoms with E-state index in [1.165, 1.54) is 4.90 Å². The highest BCUT2D eigenvalue weighted by molar-refractivity contribution is 6.32. The summed E-state index contributed by atoms with van der Waals surface area (Å²) in [5, 5.41) is -0.509. The first-order valence-corrected chi connectivity index (χ1v) is 4.38. The molecule has 1 aromatic rings. The van der Waals surface area contributed by atoms with Crippen LogP contribution >= 0.6 is 11.6 Å². The van der Waals surface area contributed by atoms with Gasteiger partial charge in [-0.05, 0) is 19.1 Å². The third kappa shape index (κ3) is 2.42. The van der Waals surface area contributed by atoms with Crippen molar-refractivity contribution in [3.05, 3.63) is 24.5 Å². The normalized spacial score (nSPS) is 12.2. The van der Waals surface area contributed by atoms with Crippen LogP contribution in [0.1, 0.15) is 6.92 Å². The van der Waals surface area contributed by atoms with Crippen molar-refractivity contribution >= 4 is 23.2 Å². The predicted octanol–water partition coefficient (Wildman–Crippen LogP) is 1.67. The molecule has 3 nitrogen and oxygen atoms in total. The number of aromatic nitrogens is 1. The summed E-state index contributed by atoms with van der Waals surface area (Å²) in [7, 11) is 1.68. The van der Waals surface area contributed by atoms with Gasteiger partial charge in [0.1, 0.15) is 5.38 Å². The van der Waals surface area contributed by atoms with Crippen LogP contribution in [0.4, 0.5) is 5.69 Å². The van der Waals surface area contributed by atoms with Crippen LogP contribution in [0.5, 0.6) is 0 Å². The van der Waals surface area contributed by atoms with Gasteiger partial charge in [-0.1, -0.05) is 0 Å². The first kappa shape index (κ1) is 9.99. The number of pyridine rings is 1. The zero-order valence-electron chi connectivity index (χ0n) is 7.57. The maximum atomic E-state index is 11.4. The van der Waals surface area contributed by atoms with Crippen LogP contribution in [0.15, 0.2) is 24.5 Å². The Bertz CT molecular complexity index is 287. The fourth-order valence-electron chi connectivity index (χ4n) is 0.946. The number of amides is 1. The Morgan fingerprint density at radius 3 is 2.85 bits per heavy atom.